The van der Waals surface area contributed by atoms with Crippen molar-refractivity contribution in [3.05, 3.63) is 82.7 Å². The lowest BCUT2D eigenvalue weighted by molar-refractivity contribution is 0.0599. The summed E-state index contributed by atoms with van der Waals surface area (Å²) in [5.74, 6) is 1.02. The van der Waals surface area contributed by atoms with Crippen LogP contribution in [0.5, 0.6) is 5.75 Å². The molecule has 1 aliphatic rings. The van der Waals surface area contributed by atoms with Crippen molar-refractivity contribution >= 4 is 17.3 Å². The number of fused-ring (bicyclic) bond motifs is 1. The van der Waals surface area contributed by atoms with Crippen LogP contribution >= 0.6 is 0 Å². The lowest BCUT2D eigenvalue weighted by Gasteiger charge is -2.28. The summed E-state index contributed by atoms with van der Waals surface area (Å²) in [7, 11) is 3.50. The minimum atomic E-state index is -0.311. The second kappa shape index (κ2) is 9.43. The molecule has 0 radical (unpaired) electrons. The highest BCUT2D eigenvalue weighted by Crippen LogP contribution is 2.40. The van der Waals surface area contributed by atoms with Gasteiger partial charge in [0.15, 0.2) is 0 Å². The van der Waals surface area contributed by atoms with E-state index in [0.717, 1.165) is 42.0 Å². The van der Waals surface area contributed by atoms with E-state index in [-0.39, 0.29) is 5.97 Å². The first kappa shape index (κ1) is 21.9. The topological polar surface area (TPSA) is 51.7 Å². The van der Waals surface area contributed by atoms with Gasteiger partial charge >= 0.3 is 5.97 Å². The molecule has 1 aliphatic heterocycles. The van der Waals surface area contributed by atoms with E-state index < -0.39 is 0 Å². The third-order valence-corrected chi connectivity index (χ3v) is 6.50. The molecule has 32 heavy (non-hydrogen) atoms. The van der Waals surface area contributed by atoms with Crippen molar-refractivity contribution in [2.45, 2.75) is 39.0 Å². The Kier molecular flexibility index (Phi) is 6.45. The Labute approximate surface area is 190 Å². The maximum atomic E-state index is 12.1. The summed E-state index contributed by atoms with van der Waals surface area (Å²) in [6, 6.07) is 14.8. The van der Waals surface area contributed by atoms with Crippen LogP contribution in [0.25, 0.3) is 0 Å². The fourth-order valence-corrected chi connectivity index (χ4v) is 4.31. The Morgan fingerprint density at radius 1 is 1.12 bits per heavy atom. The van der Waals surface area contributed by atoms with E-state index in [4.69, 9.17) is 9.47 Å². The zero-order valence-corrected chi connectivity index (χ0v) is 19.2. The normalized spacial score (nSPS) is 14.9. The number of rotatable bonds is 6. The molecule has 2 heterocycles. The second-order valence-electron chi connectivity index (χ2n) is 8.45. The summed E-state index contributed by atoms with van der Waals surface area (Å²) in [6.07, 6.45) is 6.07. The Morgan fingerprint density at radius 2 is 1.91 bits per heavy atom. The van der Waals surface area contributed by atoms with Crippen LogP contribution in [0, 0.1) is 13.8 Å². The molecule has 5 heteroatoms. The van der Waals surface area contributed by atoms with Gasteiger partial charge < -0.3 is 14.4 Å². The van der Waals surface area contributed by atoms with Crippen LogP contribution in [-0.4, -0.2) is 31.7 Å². The predicted molar refractivity (Wildman–Crippen MR) is 127 cm³/mol. The van der Waals surface area contributed by atoms with Crippen LogP contribution in [0.3, 0.4) is 0 Å². The van der Waals surface area contributed by atoms with Crippen molar-refractivity contribution in [2.24, 2.45) is 0 Å². The van der Waals surface area contributed by atoms with Gasteiger partial charge in [0.1, 0.15) is 5.75 Å². The quantitative estimate of drug-likeness (QED) is 0.466. The van der Waals surface area contributed by atoms with Gasteiger partial charge in [0.2, 0.25) is 0 Å². The molecule has 2 aromatic carbocycles. The molecule has 0 amide bonds. The van der Waals surface area contributed by atoms with E-state index >= 15 is 0 Å². The standard InChI is InChI=1S/C27H30N2O3/c1-18-5-8-22(15-19(18)2)29(3)23-9-10-24-20(12-14-32-26(24)16-23)6-7-21-17-28-13-11-25(21)27(30)31-4/h5,8-11,13,15-17,20H,6-7,12,14H2,1-4H3/t20-/m1/s1. The van der Waals surface area contributed by atoms with E-state index in [1.807, 2.05) is 0 Å². The van der Waals surface area contributed by atoms with Crippen molar-refractivity contribution in [3.8, 4) is 5.75 Å². The number of methoxy groups -OCH3 is 1. The summed E-state index contributed by atoms with van der Waals surface area (Å²) in [5.41, 5.74) is 7.60. The van der Waals surface area contributed by atoms with Crippen molar-refractivity contribution in [3.63, 3.8) is 0 Å². The van der Waals surface area contributed by atoms with Crippen molar-refractivity contribution in [1.29, 1.82) is 0 Å². The Balaban J connectivity index is 1.52. The average molecular weight is 431 g/mol. The number of ether oxygens (including phenoxy) is 2. The predicted octanol–water partition coefficient (Wildman–Crippen LogP) is 5.75. The maximum Gasteiger partial charge on any atom is 0.338 e. The highest BCUT2D eigenvalue weighted by atomic mass is 16.5. The number of carbonyl (C=O) groups is 1. The molecule has 5 nitrogen and oxygen atoms in total. The van der Waals surface area contributed by atoms with Crippen molar-refractivity contribution < 1.29 is 14.3 Å². The zero-order valence-electron chi connectivity index (χ0n) is 19.2. The van der Waals surface area contributed by atoms with Crippen LogP contribution in [0.2, 0.25) is 0 Å². The Hall–Kier alpha value is -3.34. The second-order valence-corrected chi connectivity index (χ2v) is 8.45. The lowest BCUT2D eigenvalue weighted by Crippen LogP contribution is -2.17. The molecule has 0 saturated carbocycles. The highest BCUT2D eigenvalue weighted by Gasteiger charge is 2.23. The first-order chi connectivity index (χ1) is 15.5. The lowest BCUT2D eigenvalue weighted by atomic mass is 9.87. The fraction of sp³-hybridized carbons (Fsp3) is 0.333. The number of hydrogen-bond donors (Lipinski definition) is 0. The molecule has 0 saturated heterocycles. The molecule has 166 valence electrons. The summed E-state index contributed by atoms with van der Waals surface area (Å²) in [6.45, 7) is 4.97. The summed E-state index contributed by atoms with van der Waals surface area (Å²) in [4.78, 5) is 18.5. The minimum absolute atomic E-state index is 0.311. The Bertz CT molecular complexity index is 1130. The van der Waals surface area contributed by atoms with Crippen molar-refractivity contribution in [1.82, 2.24) is 4.98 Å². The molecule has 1 atom stereocenters. The summed E-state index contributed by atoms with van der Waals surface area (Å²) >= 11 is 0. The number of aryl methyl sites for hydroxylation is 3. The van der Waals surface area contributed by atoms with Crippen LogP contribution in [-0.2, 0) is 11.2 Å². The number of pyridine rings is 1. The van der Waals surface area contributed by atoms with Crippen LogP contribution in [0.4, 0.5) is 11.4 Å². The van der Waals surface area contributed by atoms with Gasteiger partial charge in [0, 0.05) is 36.9 Å². The summed E-state index contributed by atoms with van der Waals surface area (Å²) in [5, 5.41) is 0. The fourth-order valence-electron chi connectivity index (χ4n) is 4.31. The first-order valence-electron chi connectivity index (χ1n) is 11.1. The number of hydrogen-bond acceptors (Lipinski definition) is 5. The molecule has 0 fully saturated rings. The smallest absolute Gasteiger partial charge is 0.338 e. The van der Waals surface area contributed by atoms with E-state index in [1.54, 1.807) is 18.5 Å². The van der Waals surface area contributed by atoms with Crippen LogP contribution in [0.15, 0.2) is 54.9 Å². The zero-order chi connectivity index (χ0) is 22.7. The number of carbonyl (C=O) groups excluding carboxylic acids is 1. The van der Waals surface area contributed by atoms with Crippen LogP contribution < -0.4 is 9.64 Å². The Morgan fingerprint density at radius 3 is 2.69 bits per heavy atom. The molecular formula is C27H30N2O3. The molecule has 0 unspecified atom stereocenters. The van der Waals surface area contributed by atoms with Gasteiger partial charge in [-0.05, 0) is 85.5 Å². The minimum Gasteiger partial charge on any atom is -0.493 e. The molecule has 1 aromatic heterocycles. The number of anilines is 2. The third kappa shape index (κ3) is 4.47. The van der Waals surface area contributed by atoms with Gasteiger partial charge in [-0.3, -0.25) is 4.98 Å². The molecular weight excluding hydrogens is 400 g/mol. The molecule has 0 spiro atoms. The van der Waals surface area contributed by atoms with E-state index in [0.29, 0.717) is 18.1 Å². The van der Waals surface area contributed by atoms with Gasteiger partial charge in [0.25, 0.3) is 0 Å². The molecule has 4 rings (SSSR count). The first-order valence-corrected chi connectivity index (χ1v) is 11.1. The monoisotopic (exact) mass is 430 g/mol. The van der Waals surface area contributed by atoms with E-state index in [9.17, 15) is 4.79 Å². The third-order valence-electron chi connectivity index (χ3n) is 6.50. The number of aromatic nitrogens is 1. The number of benzene rings is 2. The van der Waals surface area contributed by atoms with Gasteiger partial charge in [-0.1, -0.05) is 12.1 Å². The van der Waals surface area contributed by atoms with Gasteiger partial charge in [0.05, 0.1) is 19.3 Å². The highest BCUT2D eigenvalue weighted by molar-refractivity contribution is 5.90. The molecule has 3 aromatic rings. The van der Waals surface area contributed by atoms with Crippen LogP contribution in [0.1, 0.15) is 51.4 Å². The van der Waals surface area contributed by atoms with Gasteiger partial charge in [-0.2, -0.15) is 0 Å². The molecule has 0 bridgehead atoms. The van der Waals surface area contributed by atoms with E-state index in [1.165, 1.54) is 23.8 Å². The van der Waals surface area contributed by atoms with Gasteiger partial charge in [-0.25, -0.2) is 4.79 Å². The summed E-state index contributed by atoms with van der Waals surface area (Å²) < 4.78 is 11.0. The number of esters is 1. The average Bonchev–Trinajstić information content (AvgIpc) is 2.83. The largest absolute Gasteiger partial charge is 0.493 e. The van der Waals surface area contributed by atoms with Gasteiger partial charge in [-0.15, -0.1) is 0 Å². The maximum absolute atomic E-state index is 12.1. The number of nitrogens with zero attached hydrogens (tertiary/aromatic N) is 2. The molecule has 0 aliphatic carbocycles. The van der Waals surface area contributed by atoms with E-state index in [2.05, 4.69) is 67.2 Å². The molecule has 0 N–H and O–H groups in total. The SMILES string of the molecule is COC(=O)c1ccncc1CC[C@@H]1CCOc2cc(N(C)c3ccc(C)c(C)c3)ccc21. The van der Waals surface area contributed by atoms with Crippen molar-refractivity contribution in [2.75, 3.05) is 25.7 Å².